The number of fused-ring (bicyclic) bond motifs is 1. The number of hydrogen-bond donors (Lipinski definition) is 1. The molecule has 1 aliphatic rings. The van der Waals surface area contributed by atoms with Crippen LogP contribution in [0, 0.1) is 0 Å². The van der Waals surface area contributed by atoms with Crippen LogP contribution in [0.5, 0.6) is 0 Å². The lowest BCUT2D eigenvalue weighted by molar-refractivity contribution is -0.0182. The molecule has 2 aromatic rings. The molecule has 6 nitrogen and oxygen atoms in total. The number of nitrogens with two attached hydrogens (primary N) is 1. The maximum Gasteiger partial charge on any atom is 0.201 e. The van der Waals surface area contributed by atoms with Gasteiger partial charge >= 0.3 is 0 Å². The fourth-order valence-electron chi connectivity index (χ4n) is 2.91. The molecule has 0 saturated heterocycles. The van der Waals surface area contributed by atoms with Crippen molar-refractivity contribution < 1.29 is 13.2 Å². The number of rotatable bonds is 4. The Hall–Kier alpha value is -1.60. The van der Waals surface area contributed by atoms with Gasteiger partial charge in [-0.05, 0) is 31.9 Å². The van der Waals surface area contributed by atoms with Gasteiger partial charge in [-0.2, -0.15) is 0 Å². The van der Waals surface area contributed by atoms with Gasteiger partial charge in [-0.1, -0.05) is 6.07 Å². The van der Waals surface area contributed by atoms with Crippen LogP contribution in [-0.2, 0) is 14.6 Å². The largest absolute Gasteiger partial charge is 0.378 e. The van der Waals surface area contributed by atoms with E-state index in [2.05, 4.69) is 4.98 Å². The second kappa shape index (κ2) is 4.99. The third kappa shape index (κ3) is 2.40. The van der Waals surface area contributed by atoms with Crippen LogP contribution >= 0.6 is 0 Å². The molecule has 114 valence electrons. The van der Waals surface area contributed by atoms with Gasteiger partial charge in [-0.3, -0.25) is 0 Å². The molecule has 0 atom stereocenters. The van der Waals surface area contributed by atoms with Gasteiger partial charge in [0, 0.05) is 18.9 Å². The van der Waals surface area contributed by atoms with Crippen molar-refractivity contribution >= 4 is 26.8 Å². The van der Waals surface area contributed by atoms with Crippen molar-refractivity contribution in [3.8, 4) is 0 Å². The molecular formula is C14H19N3O3S. The minimum absolute atomic E-state index is 0.223. The molecule has 21 heavy (non-hydrogen) atoms. The first kappa shape index (κ1) is 14.3. The van der Waals surface area contributed by atoms with E-state index in [9.17, 15) is 8.42 Å². The highest BCUT2D eigenvalue weighted by molar-refractivity contribution is 7.91. The van der Waals surface area contributed by atoms with Crippen molar-refractivity contribution in [2.75, 3.05) is 18.6 Å². The lowest BCUT2D eigenvalue weighted by Crippen LogP contribution is -2.33. The zero-order chi connectivity index (χ0) is 15.2. The minimum atomic E-state index is -3.32. The Labute approximate surface area is 123 Å². The highest BCUT2D eigenvalue weighted by atomic mass is 32.2. The zero-order valence-corrected chi connectivity index (χ0v) is 12.9. The van der Waals surface area contributed by atoms with Crippen molar-refractivity contribution in [2.45, 2.75) is 36.8 Å². The van der Waals surface area contributed by atoms with E-state index in [1.165, 1.54) is 6.26 Å². The third-order valence-corrected chi connectivity index (χ3v) is 5.08. The summed E-state index contributed by atoms with van der Waals surface area (Å²) in [6.45, 7) is 2.68. The van der Waals surface area contributed by atoms with E-state index in [4.69, 9.17) is 10.5 Å². The lowest BCUT2D eigenvalue weighted by Gasteiger charge is -2.36. The van der Waals surface area contributed by atoms with Gasteiger partial charge in [-0.15, -0.1) is 0 Å². The van der Waals surface area contributed by atoms with Crippen LogP contribution in [-0.4, -0.2) is 36.9 Å². The van der Waals surface area contributed by atoms with Crippen LogP contribution < -0.4 is 5.73 Å². The first-order chi connectivity index (χ1) is 9.91. The van der Waals surface area contributed by atoms with Crippen LogP contribution in [0.25, 0.3) is 11.0 Å². The van der Waals surface area contributed by atoms with Gasteiger partial charge in [0.05, 0.1) is 16.5 Å². The van der Waals surface area contributed by atoms with Gasteiger partial charge in [-0.25, -0.2) is 13.4 Å². The first-order valence-corrected chi connectivity index (χ1v) is 8.89. The number of ether oxygens (including phenoxy) is 1. The Kier molecular flexibility index (Phi) is 3.41. The van der Waals surface area contributed by atoms with Gasteiger partial charge in [0.15, 0.2) is 9.84 Å². The number of para-hydroxylation sites is 1. The molecule has 0 aliphatic heterocycles. The average molecular weight is 309 g/mol. The molecule has 0 unspecified atom stereocenters. The number of benzene rings is 1. The molecule has 7 heteroatoms. The topological polar surface area (TPSA) is 87.2 Å². The molecule has 2 N–H and O–H groups in total. The SMILES string of the molecule is CCOC1CC(n2c(N)nc3c(S(C)(=O)=O)cccc32)C1. The second-order valence-corrected chi connectivity index (χ2v) is 7.42. The fourth-order valence-corrected chi connectivity index (χ4v) is 3.74. The molecule has 1 saturated carbocycles. The number of nitrogens with zero attached hydrogens (tertiary/aromatic N) is 2. The minimum Gasteiger partial charge on any atom is -0.378 e. The summed E-state index contributed by atoms with van der Waals surface area (Å²) in [5, 5.41) is 0. The number of imidazole rings is 1. The number of nitrogen functional groups attached to an aromatic ring is 1. The Morgan fingerprint density at radius 2 is 2.14 bits per heavy atom. The van der Waals surface area contributed by atoms with E-state index < -0.39 is 9.84 Å². The number of sulfone groups is 1. The van der Waals surface area contributed by atoms with E-state index in [1.807, 2.05) is 17.6 Å². The van der Waals surface area contributed by atoms with Crippen LogP contribution in [0.2, 0.25) is 0 Å². The summed E-state index contributed by atoms with van der Waals surface area (Å²) >= 11 is 0. The molecule has 1 heterocycles. The summed E-state index contributed by atoms with van der Waals surface area (Å²) in [6, 6.07) is 5.38. The van der Waals surface area contributed by atoms with Crippen molar-refractivity contribution in [2.24, 2.45) is 0 Å². The maximum atomic E-state index is 11.8. The fraction of sp³-hybridized carbons (Fsp3) is 0.500. The summed E-state index contributed by atoms with van der Waals surface area (Å²) < 4.78 is 31.2. The molecule has 1 aromatic carbocycles. The average Bonchev–Trinajstić information content (AvgIpc) is 2.68. The van der Waals surface area contributed by atoms with Gasteiger partial charge in [0.2, 0.25) is 5.95 Å². The molecule has 1 aromatic heterocycles. The quantitative estimate of drug-likeness (QED) is 0.930. The van der Waals surface area contributed by atoms with Crippen LogP contribution in [0.15, 0.2) is 23.1 Å². The first-order valence-electron chi connectivity index (χ1n) is 7.00. The maximum absolute atomic E-state index is 11.8. The highest BCUT2D eigenvalue weighted by Gasteiger charge is 2.33. The molecular weight excluding hydrogens is 290 g/mol. The van der Waals surface area contributed by atoms with Gasteiger partial charge < -0.3 is 15.0 Å². The van der Waals surface area contributed by atoms with Crippen molar-refractivity contribution in [1.29, 1.82) is 0 Å². The van der Waals surface area contributed by atoms with E-state index in [-0.39, 0.29) is 17.0 Å². The summed E-state index contributed by atoms with van der Waals surface area (Å²) in [7, 11) is -3.32. The summed E-state index contributed by atoms with van der Waals surface area (Å²) in [4.78, 5) is 4.50. The molecule has 1 fully saturated rings. The predicted octanol–water partition coefficient (Wildman–Crippen LogP) is 1.76. The Balaban J connectivity index is 2.04. The van der Waals surface area contributed by atoms with Crippen molar-refractivity contribution in [3.63, 3.8) is 0 Å². The standard InChI is InChI=1S/C14H19N3O3S/c1-3-20-10-7-9(8-10)17-11-5-4-6-12(21(2,18)19)13(11)16-14(17)15/h4-6,9-10H,3,7-8H2,1-2H3,(H2,15,16). The van der Waals surface area contributed by atoms with Gasteiger partial charge in [0.25, 0.3) is 0 Å². The summed E-state index contributed by atoms with van der Waals surface area (Å²) in [6.07, 6.45) is 3.21. The predicted molar refractivity (Wildman–Crippen MR) is 80.9 cm³/mol. The number of aromatic nitrogens is 2. The Morgan fingerprint density at radius 1 is 1.43 bits per heavy atom. The Morgan fingerprint density at radius 3 is 2.76 bits per heavy atom. The van der Waals surface area contributed by atoms with E-state index >= 15 is 0 Å². The van der Waals surface area contributed by atoms with Crippen LogP contribution in [0.3, 0.4) is 0 Å². The smallest absolute Gasteiger partial charge is 0.201 e. The van der Waals surface area contributed by atoms with Crippen LogP contribution in [0.1, 0.15) is 25.8 Å². The van der Waals surface area contributed by atoms with E-state index in [0.29, 0.717) is 18.1 Å². The second-order valence-electron chi connectivity index (χ2n) is 5.44. The molecule has 1 aliphatic carbocycles. The van der Waals surface area contributed by atoms with Gasteiger partial charge in [0.1, 0.15) is 5.52 Å². The summed E-state index contributed by atoms with van der Waals surface area (Å²) in [5.41, 5.74) is 7.24. The number of hydrogen-bond acceptors (Lipinski definition) is 5. The normalized spacial score (nSPS) is 22.4. The molecule has 0 radical (unpaired) electrons. The van der Waals surface area contributed by atoms with E-state index in [0.717, 1.165) is 18.4 Å². The highest BCUT2D eigenvalue weighted by Crippen LogP contribution is 2.39. The van der Waals surface area contributed by atoms with Crippen LogP contribution in [0.4, 0.5) is 5.95 Å². The van der Waals surface area contributed by atoms with E-state index in [1.54, 1.807) is 12.1 Å². The Bertz CT molecular complexity index is 776. The van der Waals surface area contributed by atoms with Crippen molar-refractivity contribution in [3.05, 3.63) is 18.2 Å². The molecule has 0 bridgehead atoms. The zero-order valence-electron chi connectivity index (χ0n) is 12.1. The molecule has 3 rings (SSSR count). The van der Waals surface area contributed by atoms with Crippen molar-refractivity contribution in [1.82, 2.24) is 9.55 Å². The third-order valence-electron chi connectivity index (χ3n) is 3.95. The number of anilines is 1. The summed E-state index contributed by atoms with van der Waals surface area (Å²) in [5.74, 6) is 0.362. The molecule has 0 spiro atoms. The molecule has 0 amide bonds. The monoisotopic (exact) mass is 309 g/mol. The lowest BCUT2D eigenvalue weighted by atomic mass is 9.89.